The quantitative estimate of drug-likeness (QED) is 0.779. The molecule has 0 atom stereocenters. The lowest BCUT2D eigenvalue weighted by molar-refractivity contribution is 1.03. The highest BCUT2D eigenvalue weighted by atomic mass is 35.5. The van der Waals surface area contributed by atoms with Gasteiger partial charge in [0.2, 0.25) is 0 Å². The van der Waals surface area contributed by atoms with Gasteiger partial charge < -0.3 is 4.98 Å². The van der Waals surface area contributed by atoms with Gasteiger partial charge in [0.25, 0.3) is 0 Å². The maximum absolute atomic E-state index is 5.68. The van der Waals surface area contributed by atoms with Crippen molar-refractivity contribution in [2.75, 3.05) is 0 Å². The number of benzene rings is 1. The molecule has 2 rings (SSSR count). The van der Waals surface area contributed by atoms with Crippen LogP contribution in [-0.2, 0) is 6.42 Å². The maximum atomic E-state index is 5.68. The normalized spacial score (nSPS) is 10.2. The molecule has 1 aromatic carbocycles. The molecule has 0 saturated heterocycles. The molecule has 0 aliphatic rings. The summed E-state index contributed by atoms with van der Waals surface area (Å²) in [7, 11) is 0. The summed E-state index contributed by atoms with van der Waals surface area (Å²) in [5, 5.41) is 0.519. The van der Waals surface area contributed by atoms with Gasteiger partial charge in [0.15, 0.2) is 0 Å². The van der Waals surface area contributed by atoms with E-state index in [1.54, 1.807) is 6.20 Å². The largest absolute Gasteiger partial charge is 0.347 e. The van der Waals surface area contributed by atoms with E-state index in [4.69, 9.17) is 11.6 Å². The van der Waals surface area contributed by atoms with E-state index in [2.05, 4.69) is 22.1 Å². The van der Waals surface area contributed by atoms with Crippen molar-refractivity contribution in [2.24, 2.45) is 0 Å². The first-order chi connectivity index (χ1) is 6.34. The topological polar surface area (TPSA) is 28.7 Å². The minimum Gasteiger partial charge on any atom is -0.347 e. The van der Waals surface area contributed by atoms with Crippen LogP contribution in [0.25, 0.3) is 0 Å². The maximum Gasteiger partial charge on any atom is 0.147 e. The Bertz CT molecular complexity index is 381. The van der Waals surface area contributed by atoms with Crippen LogP contribution in [0.4, 0.5) is 0 Å². The molecular formula is C10H9ClN2. The summed E-state index contributed by atoms with van der Waals surface area (Å²) in [6.07, 6.45) is 2.49. The molecule has 1 N–H and O–H groups in total. The van der Waals surface area contributed by atoms with E-state index < -0.39 is 0 Å². The Kier molecular flexibility index (Phi) is 2.32. The summed E-state index contributed by atoms with van der Waals surface area (Å²) in [4.78, 5) is 7.13. The Morgan fingerprint density at radius 1 is 1.23 bits per heavy atom. The van der Waals surface area contributed by atoms with Crippen LogP contribution in [-0.4, -0.2) is 9.97 Å². The number of hydrogen-bond donors (Lipinski definition) is 1. The van der Waals surface area contributed by atoms with Gasteiger partial charge in [0, 0.05) is 12.6 Å². The van der Waals surface area contributed by atoms with Crippen molar-refractivity contribution in [1.82, 2.24) is 9.97 Å². The number of rotatable bonds is 2. The van der Waals surface area contributed by atoms with Gasteiger partial charge in [0.05, 0.1) is 0 Å². The fourth-order valence-corrected chi connectivity index (χ4v) is 1.37. The molecule has 1 aromatic heterocycles. The van der Waals surface area contributed by atoms with Crippen LogP contribution in [0.5, 0.6) is 0 Å². The summed E-state index contributed by atoms with van der Waals surface area (Å²) >= 11 is 5.68. The molecule has 1 heterocycles. The molecule has 0 saturated carbocycles. The van der Waals surface area contributed by atoms with Crippen LogP contribution in [0.1, 0.15) is 11.4 Å². The molecule has 0 aliphatic heterocycles. The van der Waals surface area contributed by atoms with E-state index in [0.717, 1.165) is 12.2 Å². The van der Waals surface area contributed by atoms with Gasteiger partial charge in [-0.2, -0.15) is 0 Å². The molecule has 13 heavy (non-hydrogen) atoms. The van der Waals surface area contributed by atoms with Gasteiger partial charge in [-0.1, -0.05) is 41.9 Å². The fourth-order valence-electron chi connectivity index (χ4n) is 1.22. The molecule has 0 aliphatic carbocycles. The summed E-state index contributed by atoms with van der Waals surface area (Å²) < 4.78 is 0. The average Bonchev–Trinajstić information content (AvgIpc) is 2.53. The molecule has 66 valence electrons. The van der Waals surface area contributed by atoms with Crippen molar-refractivity contribution < 1.29 is 0 Å². The predicted molar refractivity (Wildman–Crippen MR) is 52.8 cm³/mol. The Morgan fingerprint density at radius 3 is 2.62 bits per heavy atom. The van der Waals surface area contributed by atoms with Crippen molar-refractivity contribution >= 4 is 11.6 Å². The summed E-state index contributed by atoms with van der Waals surface area (Å²) in [5.74, 6) is 0.899. The lowest BCUT2D eigenvalue weighted by Crippen LogP contribution is -1.89. The minimum absolute atomic E-state index is 0.519. The first-order valence-electron chi connectivity index (χ1n) is 4.08. The van der Waals surface area contributed by atoms with E-state index in [0.29, 0.717) is 5.15 Å². The van der Waals surface area contributed by atoms with Gasteiger partial charge in [0.1, 0.15) is 11.0 Å². The smallest absolute Gasteiger partial charge is 0.147 e. The van der Waals surface area contributed by atoms with Crippen LogP contribution in [0.15, 0.2) is 36.5 Å². The third-order valence-electron chi connectivity index (χ3n) is 1.81. The second-order valence-corrected chi connectivity index (χ2v) is 3.22. The lowest BCUT2D eigenvalue weighted by Gasteiger charge is -1.95. The number of H-pyrrole nitrogens is 1. The standard InChI is InChI=1S/C10H9ClN2/c11-9-7-12-10(13-9)6-8-4-2-1-3-5-8/h1-5,7H,6H2,(H,12,13). The molecule has 0 bridgehead atoms. The van der Waals surface area contributed by atoms with E-state index >= 15 is 0 Å². The van der Waals surface area contributed by atoms with Crippen LogP contribution in [0.3, 0.4) is 0 Å². The number of imidazole rings is 1. The predicted octanol–water partition coefficient (Wildman–Crippen LogP) is 2.65. The van der Waals surface area contributed by atoms with Gasteiger partial charge >= 0.3 is 0 Å². The zero-order chi connectivity index (χ0) is 9.10. The van der Waals surface area contributed by atoms with E-state index in [9.17, 15) is 0 Å². The molecule has 0 amide bonds. The van der Waals surface area contributed by atoms with Crippen molar-refractivity contribution in [3.63, 3.8) is 0 Å². The fraction of sp³-hybridized carbons (Fsp3) is 0.100. The van der Waals surface area contributed by atoms with Crippen molar-refractivity contribution in [3.05, 3.63) is 53.1 Å². The highest BCUT2D eigenvalue weighted by Gasteiger charge is 1.99. The van der Waals surface area contributed by atoms with Gasteiger partial charge in [-0.25, -0.2) is 4.98 Å². The number of halogens is 1. The second kappa shape index (κ2) is 3.62. The van der Waals surface area contributed by atoms with E-state index in [1.807, 2.05) is 18.2 Å². The summed E-state index contributed by atoms with van der Waals surface area (Å²) in [6.45, 7) is 0. The minimum atomic E-state index is 0.519. The lowest BCUT2D eigenvalue weighted by atomic mass is 10.1. The number of aromatic amines is 1. The van der Waals surface area contributed by atoms with Crippen LogP contribution >= 0.6 is 11.6 Å². The molecule has 0 radical (unpaired) electrons. The van der Waals surface area contributed by atoms with Crippen molar-refractivity contribution in [3.8, 4) is 0 Å². The number of nitrogens with zero attached hydrogens (tertiary/aromatic N) is 1. The third kappa shape index (κ3) is 2.10. The molecular weight excluding hydrogens is 184 g/mol. The van der Waals surface area contributed by atoms with Crippen molar-refractivity contribution in [2.45, 2.75) is 6.42 Å². The number of hydrogen-bond acceptors (Lipinski definition) is 1. The third-order valence-corrected chi connectivity index (χ3v) is 2.01. The number of aromatic nitrogens is 2. The van der Waals surface area contributed by atoms with Gasteiger partial charge in [-0.15, -0.1) is 0 Å². The van der Waals surface area contributed by atoms with Gasteiger partial charge in [-0.3, -0.25) is 0 Å². The molecule has 0 fully saturated rings. The Labute approximate surface area is 81.6 Å². The summed E-state index contributed by atoms with van der Waals surface area (Å²) in [6, 6.07) is 10.2. The zero-order valence-electron chi connectivity index (χ0n) is 7.00. The SMILES string of the molecule is Clc1c[nH]c(Cc2ccccc2)n1. The zero-order valence-corrected chi connectivity index (χ0v) is 7.75. The van der Waals surface area contributed by atoms with Gasteiger partial charge in [-0.05, 0) is 5.56 Å². The Balaban J connectivity index is 2.15. The Hall–Kier alpha value is -1.28. The highest BCUT2D eigenvalue weighted by molar-refractivity contribution is 6.29. The van der Waals surface area contributed by atoms with Crippen molar-refractivity contribution in [1.29, 1.82) is 0 Å². The Morgan fingerprint density at radius 2 is 2.00 bits per heavy atom. The second-order valence-electron chi connectivity index (χ2n) is 2.83. The first kappa shape index (κ1) is 8.32. The molecule has 2 nitrogen and oxygen atoms in total. The summed E-state index contributed by atoms with van der Waals surface area (Å²) in [5.41, 5.74) is 1.23. The van der Waals surface area contributed by atoms with Crippen LogP contribution < -0.4 is 0 Å². The van der Waals surface area contributed by atoms with E-state index in [1.165, 1.54) is 5.56 Å². The molecule has 0 spiro atoms. The molecule has 0 unspecified atom stereocenters. The first-order valence-corrected chi connectivity index (χ1v) is 4.46. The molecule has 2 aromatic rings. The van der Waals surface area contributed by atoms with Crippen LogP contribution in [0.2, 0.25) is 5.15 Å². The van der Waals surface area contributed by atoms with Crippen LogP contribution in [0, 0.1) is 0 Å². The molecule has 3 heteroatoms. The number of nitrogens with one attached hydrogen (secondary N) is 1. The average molecular weight is 193 g/mol. The highest BCUT2D eigenvalue weighted by Crippen LogP contribution is 2.08. The van der Waals surface area contributed by atoms with E-state index in [-0.39, 0.29) is 0 Å². The monoisotopic (exact) mass is 192 g/mol.